The van der Waals surface area contributed by atoms with Crippen molar-refractivity contribution in [3.05, 3.63) is 60.7 Å². The Morgan fingerprint density at radius 1 is 0.913 bits per heavy atom. The third-order valence-electron chi connectivity index (χ3n) is 2.88. The van der Waals surface area contributed by atoms with Crippen molar-refractivity contribution in [1.29, 1.82) is 0 Å². The van der Waals surface area contributed by atoms with Gasteiger partial charge in [-0.2, -0.15) is 0 Å². The summed E-state index contributed by atoms with van der Waals surface area (Å²) < 4.78 is 5.35. The van der Waals surface area contributed by atoms with E-state index in [4.69, 9.17) is 17.0 Å². The van der Waals surface area contributed by atoms with Gasteiger partial charge >= 0.3 is 0 Å². The molecule has 0 spiro atoms. The van der Waals surface area contributed by atoms with Gasteiger partial charge in [0.2, 0.25) is 0 Å². The average molecular weight is 329 g/mol. The van der Waals surface area contributed by atoms with Crippen LogP contribution in [0.5, 0.6) is 5.75 Å². The quantitative estimate of drug-likeness (QED) is 0.537. The van der Waals surface area contributed by atoms with Crippen molar-refractivity contribution in [3.8, 4) is 5.75 Å². The van der Waals surface area contributed by atoms with Crippen LogP contribution in [0.4, 0.5) is 5.69 Å². The number of hydrogen-bond donors (Lipinski definition) is 3. The lowest BCUT2D eigenvalue weighted by molar-refractivity contribution is -0.123. The highest BCUT2D eigenvalue weighted by Gasteiger charge is 2.02. The molecule has 3 N–H and O–H groups in total. The van der Waals surface area contributed by atoms with E-state index in [-0.39, 0.29) is 12.5 Å². The van der Waals surface area contributed by atoms with E-state index in [0.29, 0.717) is 24.0 Å². The molecule has 5 nitrogen and oxygen atoms in total. The normalized spacial score (nSPS) is 9.74. The molecule has 0 saturated heterocycles. The highest BCUT2D eigenvalue weighted by atomic mass is 32.1. The predicted molar refractivity (Wildman–Crippen MR) is 95.6 cm³/mol. The van der Waals surface area contributed by atoms with E-state index in [1.54, 1.807) is 0 Å². The van der Waals surface area contributed by atoms with Crippen LogP contribution in [0.1, 0.15) is 0 Å². The topological polar surface area (TPSA) is 62.4 Å². The van der Waals surface area contributed by atoms with Gasteiger partial charge in [0.15, 0.2) is 11.7 Å². The number of carbonyl (C=O) groups is 1. The van der Waals surface area contributed by atoms with Crippen molar-refractivity contribution in [1.82, 2.24) is 10.6 Å². The monoisotopic (exact) mass is 329 g/mol. The molecule has 1 amide bonds. The molecule has 0 aromatic heterocycles. The van der Waals surface area contributed by atoms with E-state index in [0.717, 1.165) is 5.69 Å². The molecule has 0 radical (unpaired) electrons. The summed E-state index contributed by atoms with van der Waals surface area (Å²) in [6.45, 7) is 1.00. The van der Waals surface area contributed by atoms with Crippen molar-refractivity contribution < 1.29 is 9.53 Å². The molecule has 0 unspecified atom stereocenters. The Labute approximate surface area is 141 Å². The van der Waals surface area contributed by atoms with Gasteiger partial charge in [-0.25, -0.2) is 0 Å². The molecule has 120 valence electrons. The number of thiocarbonyl (C=S) groups is 1. The molecule has 0 atom stereocenters. The van der Waals surface area contributed by atoms with E-state index >= 15 is 0 Å². The molecular weight excluding hydrogens is 310 g/mol. The van der Waals surface area contributed by atoms with Crippen LogP contribution in [0.2, 0.25) is 0 Å². The first-order valence-electron chi connectivity index (χ1n) is 7.28. The van der Waals surface area contributed by atoms with Crippen molar-refractivity contribution >= 4 is 28.9 Å². The van der Waals surface area contributed by atoms with Crippen molar-refractivity contribution in [2.24, 2.45) is 0 Å². The number of rotatable bonds is 7. The van der Waals surface area contributed by atoms with Crippen LogP contribution in [-0.2, 0) is 4.79 Å². The predicted octanol–water partition coefficient (Wildman–Crippen LogP) is 2.17. The molecule has 0 bridgehead atoms. The van der Waals surface area contributed by atoms with Crippen LogP contribution in [-0.4, -0.2) is 30.7 Å². The minimum Gasteiger partial charge on any atom is -0.484 e. The zero-order chi connectivity index (χ0) is 16.3. The molecule has 23 heavy (non-hydrogen) atoms. The van der Waals surface area contributed by atoms with Crippen LogP contribution in [0, 0.1) is 0 Å². The third kappa shape index (κ3) is 6.80. The summed E-state index contributed by atoms with van der Waals surface area (Å²) in [4.78, 5) is 11.6. The van der Waals surface area contributed by atoms with Gasteiger partial charge in [-0.1, -0.05) is 36.4 Å². The summed E-state index contributed by atoms with van der Waals surface area (Å²) in [5.41, 5.74) is 0.922. The summed E-state index contributed by atoms with van der Waals surface area (Å²) in [5.74, 6) is 0.506. The number of anilines is 1. The molecule has 0 fully saturated rings. The fourth-order valence-corrected chi connectivity index (χ4v) is 2.01. The number of benzene rings is 2. The Morgan fingerprint density at radius 3 is 2.22 bits per heavy atom. The van der Waals surface area contributed by atoms with E-state index in [1.165, 1.54) is 0 Å². The minimum atomic E-state index is -0.169. The first-order chi connectivity index (χ1) is 11.2. The van der Waals surface area contributed by atoms with Gasteiger partial charge in [0.25, 0.3) is 5.91 Å². The zero-order valence-corrected chi connectivity index (χ0v) is 13.4. The van der Waals surface area contributed by atoms with Crippen LogP contribution in [0.25, 0.3) is 0 Å². The maximum atomic E-state index is 11.6. The van der Waals surface area contributed by atoms with Crippen molar-refractivity contribution in [2.75, 3.05) is 25.0 Å². The van der Waals surface area contributed by atoms with Gasteiger partial charge in [-0.15, -0.1) is 0 Å². The first-order valence-corrected chi connectivity index (χ1v) is 7.69. The van der Waals surface area contributed by atoms with Gasteiger partial charge in [0.1, 0.15) is 5.75 Å². The lowest BCUT2D eigenvalue weighted by Crippen LogP contribution is -2.38. The lowest BCUT2D eigenvalue weighted by Gasteiger charge is -2.11. The number of nitrogens with one attached hydrogen (secondary N) is 3. The molecule has 6 heteroatoms. The van der Waals surface area contributed by atoms with E-state index in [1.807, 2.05) is 60.7 Å². The molecular formula is C17H19N3O2S. The van der Waals surface area contributed by atoms with E-state index in [9.17, 15) is 4.79 Å². The number of amides is 1. The minimum absolute atomic E-state index is 0.00325. The molecule has 0 aliphatic heterocycles. The molecule has 0 heterocycles. The fourth-order valence-electron chi connectivity index (χ4n) is 1.79. The standard InChI is InChI=1S/C17H19N3O2S/c21-16(13-22-15-9-5-2-6-10-15)18-11-12-19-17(23)20-14-7-3-1-4-8-14/h1-10H,11-13H2,(H,18,21)(H2,19,20,23). The lowest BCUT2D eigenvalue weighted by atomic mass is 10.3. The van der Waals surface area contributed by atoms with Gasteiger partial charge in [0.05, 0.1) is 0 Å². The fraction of sp³-hybridized carbons (Fsp3) is 0.176. The Bertz CT molecular complexity index is 620. The molecule has 0 saturated carbocycles. The maximum Gasteiger partial charge on any atom is 0.258 e. The highest BCUT2D eigenvalue weighted by Crippen LogP contribution is 2.07. The van der Waals surface area contributed by atoms with Gasteiger partial charge in [0, 0.05) is 18.8 Å². The van der Waals surface area contributed by atoms with Crippen LogP contribution in [0.15, 0.2) is 60.7 Å². The molecule has 0 aliphatic rings. The number of hydrogen-bond acceptors (Lipinski definition) is 3. The van der Waals surface area contributed by atoms with Crippen molar-refractivity contribution in [3.63, 3.8) is 0 Å². The summed E-state index contributed by atoms with van der Waals surface area (Å²) in [6, 6.07) is 18.9. The van der Waals surface area contributed by atoms with Crippen molar-refractivity contribution in [2.45, 2.75) is 0 Å². The highest BCUT2D eigenvalue weighted by molar-refractivity contribution is 7.80. The van der Waals surface area contributed by atoms with Crippen LogP contribution in [0.3, 0.4) is 0 Å². The summed E-state index contributed by atoms with van der Waals surface area (Å²) in [7, 11) is 0. The smallest absolute Gasteiger partial charge is 0.258 e. The second kappa shape index (κ2) is 9.42. The largest absolute Gasteiger partial charge is 0.484 e. The van der Waals surface area contributed by atoms with E-state index < -0.39 is 0 Å². The second-order valence-corrected chi connectivity index (χ2v) is 5.11. The Kier molecular flexibility index (Phi) is 6.87. The number of para-hydroxylation sites is 2. The first kappa shape index (κ1) is 16.8. The second-order valence-electron chi connectivity index (χ2n) is 4.70. The molecule has 0 aliphatic carbocycles. The molecule has 2 rings (SSSR count). The average Bonchev–Trinajstić information content (AvgIpc) is 2.59. The zero-order valence-electron chi connectivity index (χ0n) is 12.6. The SMILES string of the molecule is O=C(COc1ccccc1)NCCNC(=S)Nc1ccccc1. The molecule has 2 aromatic rings. The van der Waals surface area contributed by atoms with Gasteiger partial charge < -0.3 is 20.7 Å². The van der Waals surface area contributed by atoms with Gasteiger partial charge in [-0.3, -0.25) is 4.79 Å². The van der Waals surface area contributed by atoms with E-state index in [2.05, 4.69) is 16.0 Å². The number of ether oxygens (including phenoxy) is 1. The summed E-state index contributed by atoms with van der Waals surface area (Å²) in [5, 5.41) is 9.36. The van der Waals surface area contributed by atoms with Crippen LogP contribution >= 0.6 is 12.2 Å². The Balaban J connectivity index is 1.56. The Hall–Kier alpha value is -2.60. The van der Waals surface area contributed by atoms with Crippen LogP contribution < -0.4 is 20.7 Å². The maximum absolute atomic E-state index is 11.6. The third-order valence-corrected chi connectivity index (χ3v) is 3.12. The number of carbonyl (C=O) groups excluding carboxylic acids is 1. The summed E-state index contributed by atoms with van der Waals surface area (Å²) in [6.07, 6.45) is 0. The molecule has 2 aromatic carbocycles. The Morgan fingerprint density at radius 2 is 1.52 bits per heavy atom. The van der Waals surface area contributed by atoms with Gasteiger partial charge in [-0.05, 0) is 36.5 Å². The summed E-state index contributed by atoms with van der Waals surface area (Å²) >= 11 is 5.17.